The predicted octanol–water partition coefficient (Wildman–Crippen LogP) is 2.79. The molecule has 0 amide bonds. The zero-order chi connectivity index (χ0) is 19.6. The van der Waals surface area contributed by atoms with Gasteiger partial charge in [-0.1, -0.05) is 18.2 Å². The van der Waals surface area contributed by atoms with Gasteiger partial charge in [0, 0.05) is 38.3 Å². The van der Waals surface area contributed by atoms with Gasteiger partial charge in [0.05, 0.1) is 13.2 Å². The minimum atomic E-state index is 0. The van der Waals surface area contributed by atoms with E-state index in [0.717, 1.165) is 62.5 Å². The molecule has 7 heteroatoms. The van der Waals surface area contributed by atoms with Crippen LogP contribution in [0.3, 0.4) is 0 Å². The highest BCUT2D eigenvalue weighted by molar-refractivity contribution is 14.0. The van der Waals surface area contributed by atoms with Crippen molar-refractivity contribution in [1.29, 1.82) is 0 Å². The zero-order valence-corrected chi connectivity index (χ0v) is 20.4. The van der Waals surface area contributed by atoms with Crippen molar-refractivity contribution in [3.63, 3.8) is 0 Å². The third-order valence-corrected chi connectivity index (χ3v) is 5.43. The molecule has 0 aromatic heterocycles. The van der Waals surface area contributed by atoms with Gasteiger partial charge in [-0.05, 0) is 58.3 Å². The zero-order valence-electron chi connectivity index (χ0n) is 18.0. The monoisotopic (exact) mass is 515 g/mol. The number of aliphatic imine (C=N–C) groups is 1. The van der Waals surface area contributed by atoms with Gasteiger partial charge in [-0.2, -0.15) is 0 Å². The van der Waals surface area contributed by atoms with Crippen LogP contribution in [0.4, 0.5) is 0 Å². The Morgan fingerprint density at radius 3 is 2.76 bits per heavy atom. The Kier molecular flexibility index (Phi) is 11.1. The lowest BCUT2D eigenvalue weighted by atomic mass is 10.2. The van der Waals surface area contributed by atoms with E-state index in [9.17, 15) is 0 Å². The fourth-order valence-corrected chi connectivity index (χ4v) is 3.43. The fraction of sp³-hybridized carbons (Fsp3) is 0.682. The molecule has 2 aliphatic rings. The molecule has 1 saturated heterocycles. The normalized spacial score (nSPS) is 18.6. The van der Waals surface area contributed by atoms with Crippen LogP contribution in [0.5, 0.6) is 5.75 Å². The van der Waals surface area contributed by atoms with E-state index >= 15 is 0 Å². The summed E-state index contributed by atoms with van der Waals surface area (Å²) in [6.07, 6.45) is 3.87. The molecule has 0 unspecified atom stereocenters. The van der Waals surface area contributed by atoms with E-state index in [4.69, 9.17) is 9.73 Å². The number of rotatable bonds is 9. The maximum atomic E-state index is 6.01. The molecule has 29 heavy (non-hydrogen) atoms. The average Bonchev–Trinajstić information content (AvgIpc) is 3.54. The van der Waals surface area contributed by atoms with E-state index in [-0.39, 0.29) is 24.0 Å². The maximum absolute atomic E-state index is 6.01. The summed E-state index contributed by atoms with van der Waals surface area (Å²) in [7, 11) is 2.21. The van der Waals surface area contributed by atoms with Gasteiger partial charge in [0.2, 0.25) is 0 Å². The highest BCUT2D eigenvalue weighted by Gasteiger charge is 2.22. The number of nitrogens with one attached hydrogen (secondary N) is 2. The molecule has 1 aromatic carbocycles. The van der Waals surface area contributed by atoms with Crippen molar-refractivity contribution in [2.24, 2.45) is 10.9 Å². The van der Waals surface area contributed by atoms with Gasteiger partial charge < -0.3 is 25.2 Å². The van der Waals surface area contributed by atoms with Gasteiger partial charge in [0.25, 0.3) is 0 Å². The first-order valence-electron chi connectivity index (χ1n) is 10.9. The number of nitrogens with zero attached hydrogens (tertiary/aromatic N) is 3. The molecule has 1 heterocycles. The molecule has 2 fully saturated rings. The van der Waals surface area contributed by atoms with E-state index in [1.807, 2.05) is 6.07 Å². The molecule has 3 rings (SSSR count). The molecule has 6 nitrogen and oxygen atoms in total. The van der Waals surface area contributed by atoms with Crippen molar-refractivity contribution in [2.45, 2.75) is 32.7 Å². The number of hydrogen-bond acceptors (Lipinski definition) is 4. The van der Waals surface area contributed by atoms with Crippen molar-refractivity contribution in [1.82, 2.24) is 20.4 Å². The fourth-order valence-electron chi connectivity index (χ4n) is 3.43. The summed E-state index contributed by atoms with van der Waals surface area (Å²) >= 11 is 0. The van der Waals surface area contributed by atoms with Crippen LogP contribution in [0.15, 0.2) is 29.3 Å². The van der Waals surface area contributed by atoms with Crippen LogP contribution in [-0.2, 0) is 6.54 Å². The quantitative estimate of drug-likeness (QED) is 0.301. The number of likely N-dealkylation sites (N-methyl/N-ethyl adjacent to an activating group) is 1. The third-order valence-electron chi connectivity index (χ3n) is 5.43. The first kappa shape index (κ1) is 24.2. The molecule has 1 aliphatic carbocycles. The number of ether oxygens (including phenoxy) is 1. The molecule has 0 radical (unpaired) electrons. The van der Waals surface area contributed by atoms with Gasteiger partial charge in [-0.15, -0.1) is 24.0 Å². The average molecular weight is 515 g/mol. The summed E-state index contributed by atoms with van der Waals surface area (Å²) in [6, 6.07) is 8.27. The number of hydrogen-bond donors (Lipinski definition) is 2. The van der Waals surface area contributed by atoms with Crippen LogP contribution < -0.4 is 15.4 Å². The summed E-state index contributed by atoms with van der Waals surface area (Å²) < 4.78 is 6.01. The highest BCUT2D eigenvalue weighted by atomic mass is 127. The Morgan fingerprint density at radius 2 is 1.97 bits per heavy atom. The summed E-state index contributed by atoms with van der Waals surface area (Å²) in [6.45, 7) is 11.1. The SMILES string of the molecule is CCNC(=NCc1ccccc1OCC1CC1)NCCN1CCCN(C)CC1.I. The van der Waals surface area contributed by atoms with Crippen LogP contribution in [0.2, 0.25) is 0 Å². The second kappa shape index (κ2) is 13.3. The third kappa shape index (κ3) is 9.09. The van der Waals surface area contributed by atoms with Crippen LogP contribution in [-0.4, -0.2) is 75.2 Å². The minimum absolute atomic E-state index is 0. The van der Waals surface area contributed by atoms with Gasteiger partial charge in [-0.25, -0.2) is 4.99 Å². The number of benzene rings is 1. The lowest BCUT2D eigenvalue weighted by Crippen LogP contribution is -2.42. The molecular weight excluding hydrogens is 477 g/mol. The smallest absolute Gasteiger partial charge is 0.191 e. The summed E-state index contributed by atoms with van der Waals surface area (Å²) in [5.74, 6) is 2.61. The van der Waals surface area contributed by atoms with Gasteiger partial charge >= 0.3 is 0 Å². The molecular formula is C22H38IN5O. The maximum Gasteiger partial charge on any atom is 0.191 e. The van der Waals surface area contributed by atoms with Crippen molar-refractivity contribution >= 4 is 29.9 Å². The largest absolute Gasteiger partial charge is 0.493 e. The van der Waals surface area contributed by atoms with Gasteiger partial charge in [0.15, 0.2) is 5.96 Å². The second-order valence-corrected chi connectivity index (χ2v) is 7.98. The van der Waals surface area contributed by atoms with E-state index in [0.29, 0.717) is 6.54 Å². The van der Waals surface area contributed by atoms with E-state index in [1.54, 1.807) is 0 Å². The van der Waals surface area contributed by atoms with Crippen LogP contribution in [0, 0.1) is 5.92 Å². The molecule has 0 atom stereocenters. The number of para-hydroxylation sites is 1. The standard InChI is InChI=1S/C22H37N5O.HI/c1-3-23-22(24-11-14-27-13-6-12-26(2)15-16-27)25-17-20-7-4-5-8-21(20)28-18-19-9-10-19;/h4-5,7-8,19H,3,6,9-18H2,1-2H3,(H2,23,24,25);1H. The first-order chi connectivity index (χ1) is 13.7. The summed E-state index contributed by atoms with van der Waals surface area (Å²) in [4.78, 5) is 9.75. The van der Waals surface area contributed by atoms with Gasteiger partial charge in [-0.3, -0.25) is 0 Å². The molecule has 1 aromatic rings. The lowest BCUT2D eigenvalue weighted by Gasteiger charge is -2.21. The molecule has 1 aliphatic heterocycles. The summed E-state index contributed by atoms with van der Waals surface area (Å²) in [5, 5.41) is 6.85. The Balaban J connectivity index is 0.00000300. The van der Waals surface area contributed by atoms with Crippen LogP contribution >= 0.6 is 24.0 Å². The Bertz CT molecular complexity index is 623. The van der Waals surface area contributed by atoms with E-state index in [1.165, 1.54) is 32.4 Å². The Hall–Kier alpha value is -1.06. The highest BCUT2D eigenvalue weighted by Crippen LogP contribution is 2.30. The van der Waals surface area contributed by atoms with Crippen LogP contribution in [0.1, 0.15) is 31.7 Å². The minimum Gasteiger partial charge on any atom is -0.493 e. The van der Waals surface area contributed by atoms with E-state index in [2.05, 4.69) is 52.6 Å². The lowest BCUT2D eigenvalue weighted by molar-refractivity contribution is 0.280. The Labute approximate surface area is 193 Å². The predicted molar refractivity (Wildman–Crippen MR) is 131 cm³/mol. The number of halogens is 1. The van der Waals surface area contributed by atoms with Crippen molar-refractivity contribution in [3.05, 3.63) is 29.8 Å². The molecule has 1 saturated carbocycles. The van der Waals surface area contributed by atoms with Crippen LogP contribution in [0.25, 0.3) is 0 Å². The topological polar surface area (TPSA) is 52.1 Å². The van der Waals surface area contributed by atoms with E-state index < -0.39 is 0 Å². The molecule has 164 valence electrons. The Morgan fingerprint density at radius 1 is 1.14 bits per heavy atom. The van der Waals surface area contributed by atoms with Crippen molar-refractivity contribution in [2.75, 3.05) is 59.5 Å². The van der Waals surface area contributed by atoms with Crippen molar-refractivity contribution < 1.29 is 4.74 Å². The molecule has 2 N–H and O–H groups in total. The molecule has 0 bridgehead atoms. The summed E-state index contributed by atoms with van der Waals surface area (Å²) in [5.41, 5.74) is 1.15. The number of guanidine groups is 1. The van der Waals surface area contributed by atoms with Crippen molar-refractivity contribution in [3.8, 4) is 5.75 Å². The second-order valence-electron chi connectivity index (χ2n) is 7.98. The van der Waals surface area contributed by atoms with Gasteiger partial charge in [0.1, 0.15) is 5.75 Å². The molecule has 0 spiro atoms. The first-order valence-corrected chi connectivity index (χ1v) is 10.9.